The minimum absolute atomic E-state index is 0.405. The fourth-order valence-electron chi connectivity index (χ4n) is 1.73. The molecule has 0 aromatic carbocycles. The number of rotatable bonds is 5. The predicted molar refractivity (Wildman–Crippen MR) is 60.4 cm³/mol. The molecule has 0 bridgehead atoms. The third kappa shape index (κ3) is 2.55. The van der Waals surface area contributed by atoms with E-state index in [0.29, 0.717) is 6.04 Å². The molecule has 0 aliphatic heterocycles. The number of nitrogens with one attached hydrogen (secondary N) is 1. The van der Waals surface area contributed by atoms with Gasteiger partial charge in [0.25, 0.3) is 0 Å². The molecule has 0 spiro atoms. The molecule has 1 aliphatic rings. The lowest BCUT2D eigenvalue weighted by Crippen LogP contribution is -2.25. The maximum Gasteiger partial charge on any atom is 0.0795 e. The van der Waals surface area contributed by atoms with Crippen LogP contribution < -0.4 is 5.32 Å². The van der Waals surface area contributed by atoms with Crippen molar-refractivity contribution in [2.45, 2.75) is 32.7 Å². The molecule has 3 heteroatoms. The molecule has 2 unspecified atom stereocenters. The number of hydrogen-bond donors (Lipinski definition) is 1. The molecule has 2 atom stereocenters. The van der Waals surface area contributed by atoms with Crippen molar-refractivity contribution in [2.75, 3.05) is 6.54 Å². The molecule has 1 N–H and O–H groups in total. The third-order valence-corrected chi connectivity index (χ3v) is 3.67. The van der Waals surface area contributed by atoms with Gasteiger partial charge in [-0.3, -0.25) is 0 Å². The molecule has 0 saturated heterocycles. The molecule has 2 nitrogen and oxygen atoms in total. The molecule has 14 heavy (non-hydrogen) atoms. The second-order valence-electron chi connectivity index (χ2n) is 4.36. The van der Waals surface area contributed by atoms with Gasteiger partial charge in [0, 0.05) is 11.4 Å². The molecule has 78 valence electrons. The maximum absolute atomic E-state index is 4.31. The number of thiazole rings is 1. The van der Waals surface area contributed by atoms with Crippen LogP contribution in [0.1, 0.15) is 38.4 Å². The fraction of sp³-hybridized carbons (Fsp3) is 0.727. The van der Waals surface area contributed by atoms with Crippen LogP contribution in [-0.2, 0) is 0 Å². The van der Waals surface area contributed by atoms with Crippen LogP contribution in [0, 0.1) is 11.8 Å². The Morgan fingerprint density at radius 2 is 2.36 bits per heavy atom. The third-order valence-electron chi connectivity index (χ3n) is 3.07. The predicted octanol–water partition coefficient (Wildman–Crippen LogP) is 2.84. The normalized spacial score (nSPS) is 20.7. The van der Waals surface area contributed by atoms with Gasteiger partial charge in [-0.2, -0.15) is 0 Å². The maximum atomic E-state index is 4.31. The monoisotopic (exact) mass is 210 g/mol. The van der Waals surface area contributed by atoms with Gasteiger partial charge in [-0.25, -0.2) is 4.98 Å². The van der Waals surface area contributed by atoms with Crippen molar-refractivity contribution in [1.82, 2.24) is 10.3 Å². The first-order valence-corrected chi connectivity index (χ1v) is 6.33. The van der Waals surface area contributed by atoms with Gasteiger partial charge in [-0.05, 0) is 38.1 Å². The standard InChI is InChI=1S/C11H18N2S/c1-8(10-3-4-10)5-12-9(2)11-6-14-7-13-11/h6-10,12H,3-5H2,1-2H3. The van der Waals surface area contributed by atoms with Gasteiger partial charge in [0.1, 0.15) is 0 Å². The van der Waals surface area contributed by atoms with Crippen LogP contribution in [0.15, 0.2) is 10.9 Å². The summed E-state index contributed by atoms with van der Waals surface area (Å²) in [5, 5.41) is 5.67. The van der Waals surface area contributed by atoms with E-state index in [0.717, 1.165) is 18.4 Å². The van der Waals surface area contributed by atoms with Crippen molar-refractivity contribution in [3.8, 4) is 0 Å². The summed E-state index contributed by atoms with van der Waals surface area (Å²) in [6.45, 7) is 5.66. The number of nitrogens with zero attached hydrogens (tertiary/aromatic N) is 1. The molecule has 1 aliphatic carbocycles. The summed E-state index contributed by atoms with van der Waals surface area (Å²) in [5.74, 6) is 1.82. The van der Waals surface area contributed by atoms with Crippen molar-refractivity contribution < 1.29 is 0 Å². The Kier molecular flexibility index (Phi) is 3.19. The second kappa shape index (κ2) is 4.41. The highest BCUT2D eigenvalue weighted by atomic mass is 32.1. The average Bonchev–Trinajstić information content (AvgIpc) is 2.90. The number of aromatic nitrogens is 1. The summed E-state index contributed by atoms with van der Waals surface area (Å²) in [7, 11) is 0. The Bertz CT molecular complexity index is 267. The van der Waals surface area contributed by atoms with E-state index in [2.05, 4.69) is 29.5 Å². The zero-order valence-corrected chi connectivity index (χ0v) is 9.68. The van der Waals surface area contributed by atoms with Gasteiger partial charge in [0.2, 0.25) is 0 Å². The lowest BCUT2D eigenvalue weighted by molar-refractivity contribution is 0.429. The highest BCUT2D eigenvalue weighted by Crippen LogP contribution is 2.36. The van der Waals surface area contributed by atoms with Crippen LogP contribution in [0.2, 0.25) is 0 Å². The van der Waals surface area contributed by atoms with Gasteiger partial charge in [0.05, 0.1) is 11.2 Å². The van der Waals surface area contributed by atoms with E-state index in [1.165, 1.54) is 18.5 Å². The highest BCUT2D eigenvalue weighted by Gasteiger charge is 2.27. The Hall–Kier alpha value is -0.410. The van der Waals surface area contributed by atoms with Crippen LogP contribution in [0.5, 0.6) is 0 Å². The molecule has 1 aromatic heterocycles. The van der Waals surface area contributed by atoms with Crippen molar-refractivity contribution >= 4 is 11.3 Å². The van der Waals surface area contributed by atoms with E-state index in [1.54, 1.807) is 11.3 Å². The molecule has 0 radical (unpaired) electrons. The van der Waals surface area contributed by atoms with E-state index in [1.807, 2.05) is 5.51 Å². The lowest BCUT2D eigenvalue weighted by Gasteiger charge is -2.15. The van der Waals surface area contributed by atoms with E-state index >= 15 is 0 Å². The smallest absolute Gasteiger partial charge is 0.0795 e. The van der Waals surface area contributed by atoms with Crippen molar-refractivity contribution in [2.24, 2.45) is 11.8 Å². The minimum Gasteiger partial charge on any atom is -0.309 e. The molecule has 2 rings (SSSR count). The van der Waals surface area contributed by atoms with Crippen LogP contribution in [-0.4, -0.2) is 11.5 Å². The zero-order valence-electron chi connectivity index (χ0n) is 8.86. The quantitative estimate of drug-likeness (QED) is 0.808. The average molecular weight is 210 g/mol. The van der Waals surface area contributed by atoms with Crippen LogP contribution in [0.25, 0.3) is 0 Å². The van der Waals surface area contributed by atoms with Crippen LogP contribution in [0.4, 0.5) is 0 Å². The summed E-state index contributed by atoms with van der Waals surface area (Å²) in [5.41, 5.74) is 3.08. The summed E-state index contributed by atoms with van der Waals surface area (Å²) in [6, 6.07) is 0.405. The Morgan fingerprint density at radius 3 is 2.93 bits per heavy atom. The molecule has 1 aromatic rings. The summed E-state index contributed by atoms with van der Waals surface area (Å²) >= 11 is 1.67. The van der Waals surface area contributed by atoms with E-state index in [9.17, 15) is 0 Å². The van der Waals surface area contributed by atoms with Crippen LogP contribution >= 0.6 is 11.3 Å². The zero-order chi connectivity index (χ0) is 9.97. The van der Waals surface area contributed by atoms with Gasteiger partial charge in [-0.15, -0.1) is 11.3 Å². The Morgan fingerprint density at radius 1 is 1.57 bits per heavy atom. The van der Waals surface area contributed by atoms with Gasteiger partial charge in [0.15, 0.2) is 0 Å². The summed E-state index contributed by atoms with van der Waals surface area (Å²) in [4.78, 5) is 4.31. The van der Waals surface area contributed by atoms with Crippen LogP contribution in [0.3, 0.4) is 0 Å². The number of hydrogen-bond acceptors (Lipinski definition) is 3. The first-order valence-electron chi connectivity index (χ1n) is 5.39. The van der Waals surface area contributed by atoms with Gasteiger partial charge >= 0.3 is 0 Å². The molecule has 1 heterocycles. The van der Waals surface area contributed by atoms with E-state index in [-0.39, 0.29) is 0 Å². The molecular weight excluding hydrogens is 192 g/mol. The fourth-order valence-corrected chi connectivity index (χ4v) is 2.38. The Labute approximate surface area is 89.8 Å². The Balaban J connectivity index is 1.74. The first kappa shape index (κ1) is 10.1. The molecule has 0 amide bonds. The molecule has 1 saturated carbocycles. The molecular formula is C11H18N2S. The minimum atomic E-state index is 0.405. The lowest BCUT2D eigenvalue weighted by atomic mass is 10.1. The van der Waals surface area contributed by atoms with Crippen molar-refractivity contribution in [1.29, 1.82) is 0 Å². The van der Waals surface area contributed by atoms with Crippen molar-refractivity contribution in [3.63, 3.8) is 0 Å². The van der Waals surface area contributed by atoms with Gasteiger partial charge in [-0.1, -0.05) is 6.92 Å². The largest absolute Gasteiger partial charge is 0.309 e. The highest BCUT2D eigenvalue weighted by molar-refractivity contribution is 7.07. The van der Waals surface area contributed by atoms with E-state index in [4.69, 9.17) is 0 Å². The molecule has 1 fully saturated rings. The summed E-state index contributed by atoms with van der Waals surface area (Å²) < 4.78 is 0. The topological polar surface area (TPSA) is 24.9 Å². The first-order chi connectivity index (χ1) is 6.77. The SMILES string of the molecule is CC(NCC(C)C1CC1)c1cscn1. The summed E-state index contributed by atoms with van der Waals surface area (Å²) in [6.07, 6.45) is 2.88. The van der Waals surface area contributed by atoms with E-state index < -0.39 is 0 Å². The van der Waals surface area contributed by atoms with Gasteiger partial charge < -0.3 is 5.32 Å². The van der Waals surface area contributed by atoms with Crippen molar-refractivity contribution in [3.05, 3.63) is 16.6 Å². The second-order valence-corrected chi connectivity index (χ2v) is 5.08.